The molecule has 0 N–H and O–H groups in total. The van der Waals surface area contributed by atoms with E-state index < -0.39 is 11.9 Å². The SMILES string of the molecule is CC(C)n1cc(C(F)(F)F)nc1C1(C)C2C3CC4C1C2C34CN(C)C1CC1. The van der Waals surface area contributed by atoms with Gasteiger partial charge in [0.2, 0.25) is 0 Å². The fraction of sp³-hybridized carbons (Fsp3) is 0.857. The monoisotopic (exact) mass is 379 g/mol. The average molecular weight is 379 g/mol. The van der Waals surface area contributed by atoms with E-state index in [1.165, 1.54) is 32.0 Å². The number of nitrogens with zero attached hydrogens (tertiary/aromatic N) is 3. The molecule has 1 aromatic heterocycles. The van der Waals surface area contributed by atoms with Crippen LogP contribution in [0.2, 0.25) is 0 Å². The van der Waals surface area contributed by atoms with Crippen molar-refractivity contribution in [3.8, 4) is 0 Å². The van der Waals surface area contributed by atoms with E-state index in [0.29, 0.717) is 34.9 Å². The minimum absolute atomic E-state index is 0.00158. The summed E-state index contributed by atoms with van der Waals surface area (Å²) in [5.41, 5.74) is -0.372. The van der Waals surface area contributed by atoms with Gasteiger partial charge in [-0.05, 0) is 75.2 Å². The molecule has 5 saturated carbocycles. The largest absolute Gasteiger partial charge is 0.434 e. The molecule has 5 fully saturated rings. The normalized spacial score (nSPS) is 46.5. The van der Waals surface area contributed by atoms with E-state index in [-0.39, 0.29) is 11.5 Å². The fourth-order valence-electron chi connectivity index (χ4n) is 8.16. The molecule has 27 heavy (non-hydrogen) atoms. The molecule has 1 aromatic rings. The van der Waals surface area contributed by atoms with Crippen LogP contribution in [0.25, 0.3) is 0 Å². The summed E-state index contributed by atoms with van der Waals surface area (Å²) >= 11 is 0. The highest BCUT2D eigenvalue weighted by Crippen LogP contribution is 2.95. The van der Waals surface area contributed by atoms with Gasteiger partial charge in [-0.3, -0.25) is 0 Å². The Morgan fingerprint density at radius 2 is 1.85 bits per heavy atom. The van der Waals surface area contributed by atoms with Crippen LogP contribution in [0.15, 0.2) is 6.20 Å². The zero-order valence-corrected chi connectivity index (χ0v) is 16.4. The number of rotatable bonds is 5. The second-order valence-corrected chi connectivity index (χ2v) is 10.5. The Kier molecular flexibility index (Phi) is 2.86. The van der Waals surface area contributed by atoms with Gasteiger partial charge in [0.05, 0.1) is 0 Å². The van der Waals surface area contributed by atoms with E-state index in [9.17, 15) is 13.2 Å². The number of fused-ring (bicyclic) bond motifs is 2. The molecule has 1 heterocycles. The van der Waals surface area contributed by atoms with E-state index in [2.05, 4.69) is 23.9 Å². The molecule has 0 spiro atoms. The summed E-state index contributed by atoms with van der Waals surface area (Å²) in [6.07, 6.45) is 0.851. The predicted molar refractivity (Wildman–Crippen MR) is 95.1 cm³/mol. The van der Waals surface area contributed by atoms with Gasteiger partial charge >= 0.3 is 6.18 Å². The fourth-order valence-corrected chi connectivity index (χ4v) is 8.16. The van der Waals surface area contributed by atoms with Crippen LogP contribution in [-0.4, -0.2) is 34.1 Å². The van der Waals surface area contributed by atoms with Crippen molar-refractivity contribution in [2.24, 2.45) is 35.0 Å². The van der Waals surface area contributed by atoms with E-state index in [0.717, 1.165) is 12.0 Å². The molecule has 6 heteroatoms. The number of aromatic nitrogens is 2. The van der Waals surface area contributed by atoms with Crippen LogP contribution in [0.1, 0.15) is 57.6 Å². The van der Waals surface area contributed by atoms with Crippen molar-refractivity contribution in [1.82, 2.24) is 14.5 Å². The predicted octanol–water partition coefficient (Wildman–Crippen LogP) is 4.35. The van der Waals surface area contributed by atoms with Crippen LogP contribution in [0, 0.1) is 35.0 Å². The second-order valence-electron chi connectivity index (χ2n) is 10.5. The smallest absolute Gasteiger partial charge is 0.331 e. The summed E-state index contributed by atoms with van der Waals surface area (Å²) in [6, 6.07) is 0.791. The number of hydrogen-bond donors (Lipinski definition) is 0. The molecule has 0 radical (unpaired) electrons. The van der Waals surface area contributed by atoms with Crippen molar-refractivity contribution < 1.29 is 13.2 Å². The van der Waals surface area contributed by atoms with Crippen molar-refractivity contribution in [1.29, 1.82) is 0 Å². The van der Waals surface area contributed by atoms with Gasteiger partial charge in [-0.2, -0.15) is 13.2 Å². The molecule has 0 aromatic carbocycles. The summed E-state index contributed by atoms with van der Waals surface area (Å²) in [5, 5.41) is 0. The minimum Gasteiger partial charge on any atom is -0.331 e. The highest BCUT2D eigenvalue weighted by Gasteiger charge is 2.94. The van der Waals surface area contributed by atoms with Crippen molar-refractivity contribution in [2.75, 3.05) is 13.6 Å². The summed E-state index contributed by atoms with van der Waals surface area (Å²) in [6.45, 7) is 7.35. The third-order valence-electron chi connectivity index (χ3n) is 9.29. The first-order valence-corrected chi connectivity index (χ1v) is 10.5. The first-order chi connectivity index (χ1) is 12.6. The highest BCUT2D eigenvalue weighted by molar-refractivity contribution is 5.46. The molecular weight excluding hydrogens is 351 g/mol. The molecule has 4 unspecified atom stereocenters. The molecule has 0 amide bonds. The molecule has 148 valence electrons. The summed E-state index contributed by atoms with van der Waals surface area (Å²) in [7, 11) is 2.27. The zero-order valence-electron chi connectivity index (χ0n) is 16.4. The summed E-state index contributed by atoms with van der Waals surface area (Å²) < 4.78 is 41.8. The van der Waals surface area contributed by atoms with Crippen LogP contribution < -0.4 is 0 Å². The van der Waals surface area contributed by atoms with E-state index >= 15 is 0 Å². The van der Waals surface area contributed by atoms with Crippen LogP contribution in [0.3, 0.4) is 0 Å². The molecule has 5 aliphatic rings. The Morgan fingerprint density at radius 1 is 1.22 bits per heavy atom. The number of halogens is 3. The quantitative estimate of drug-likeness (QED) is 0.759. The van der Waals surface area contributed by atoms with Crippen molar-refractivity contribution in [3.05, 3.63) is 17.7 Å². The van der Waals surface area contributed by atoms with Crippen LogP contribution in [0.5, 0.6) is 0 Å². The van der Waals surface area contributed by atoms with Gasteiger partial charge in [-0.1, -0.05) is 6.92 Å². The van der Waals surface area contributed by atoms with Crippen LogP contribution >= 0.6 is 0 Å². The van der Waals surface area contributed by atoms with Gasteiger partial charge in [-0.15, -0.1) is 0 Å². The molecule has 3 nitrogen and oxygen atoms in total. The van der Waals surface area contributed by atoms with Gasteiger partial charge in [0.1, 0.15) is 5.82 Å². The molecule has 0 bridgehead atoms. The van der Waals surface area contributed by atoms with Gasteiger partial charge in [0, 0.05) is 30.2 Å². The standard InChI is InChI=1S/C21H28F3N3/c1-10(2)27-8-14(21(22,23)24)25-18(27)19(3)15-12-7-13-16(19)17(15)20(12,13)9-26(4)11-5-6-11/h8,10-13,15-17H,5-7,9H2,1-4H3. The molecular formula is C21H28F3N3. The lowest BCUT2D eigenvalue weighted by Crippen LogP contribution is -2.96. The third-order valence-corrected chi connectivity index (χ3v) is 9.29. The van der Waals surface area contributed by atoms with Crippen LogP contribution in [-0.2, 0) is 11.6 Å². The molecule has 0 aliphatic heterocycles. The summed E-state index contributed by atoms with van der Waals surface area (Å²) in [4.78, 5) is 6.76. The molecule has 4 atom stereocenters. The summed E-state index contributed by atoms with van der Waals surface area (Å²) in [5.74, 6) is 3.93. The number of hydrogen-bond acceptors (Lipinski definition) is 2. The molecule has 0 saturated heterocycles. The van der Waals surface area contributed by atoms with E-state index in [4.69, 9.17) is 0 Å². The van der Waals surface area contributed by atoms with Gasteiger partial charge in [0.15, 0.2) is 5.69 Å². The molecule has 6 rings (SSSR count). The second kappa shape index (κ2) is 4.58. The van der Waals surface area contributed by atoms with Crippen molar-refractivity contribution in [2.45, 2.75) is 63.7 Å². The Balaban J connectivity index is 1.33. The Bertz CT molecular complexity index is 790. The van der Waals surface area contributed by atoms with Gasteiger partial charge in [-0.25, -0.2) is 4.98 Å². The van der Waals surface area contributed by atoms with Crippen LogP contribution in [0.4, 0.5) is 13.2 Å². The lowest BCUT2D eigenvalue weighted by Gasteiger charge is -2.96. The van der Waals surface area contributed by atoms with E-state index in [1.54, 1.807) is 0 Å². The van der Waals surface area contributed by atoms with Crippen molar-refractivity contribution >= 4 is 0 Å². The first kappa shape index (κ1) is 16.9. The maximum absolute atomic E-state index is 13.3. The number of imidazole rings is 1. The topological polar surface area (TPSA) is 21.1 Å². The van der Waals surface area contributed by atoms with Crippen molar-refractivity contribution in [3.63, 3.8) is 0 Å². The Hall–Kier alpha value is -1.04. The highest BCUT2D eigenvalue weighted by atomic mass is 19.4. The number of alkyl halides is 3. The Morgan fingerprint density at radius 3 is 2.33 bits per heavy atom. The zero-order chi connectivity index (χ0) is 19.1. The average Bonchev–Trinajstić information content (AvgIpc) is 3.34. The maximum Gasteiger partial charge on any atom is 0.434 e. The minimum atomic E-state index is -4.37. The molecule has 5 aliphatic carbocycles. The third kappa shape index (κ3) is 1.66. The Labute approximate surface area is 158 Å². The first-order valence-electron chi connectivity index (χ1n) is 10.5. The lowest BCUT2D eigenvalue weighted by atomic mass is 9.07. The van der Waals surface area contributed by atoms with Gasteiger partial charge < -0.3 is 9.47 Å². The van der Waals surface area contributed by atoms with E-state index in [1.807, 2.05) is 18.4 Å². The van der Waals surface area contributed by atoms with Gasteiger partial charge in [0.25, 0.3) is 0 Å². The maximum atomic E-state index is 13.3. The lowest BCUT2D eigenvalue weighted by molar-refractivity contribution is -0.479.